The number of rotatable bonds is 7. The summed E-state index contributed by atoms with van der Waals surface area (Å²) in [5.74, 6) is -2.05. The third kappa shape index (κ3) is 4.36. The molecule has 8 nitrogen and oxygen atoms in total. The first-order valence-corrected chi connectivity index (χ1v) is 9.60. The first-order chi connectivity index (χ1) is 14.3. The Bertz CT molecular complexity index is 851. The van der Waals surface area contributed by atoms with E-state index in [1.165, 1.54) is 4.90 Å². The molecule has 3 amide bonds. The molecule has 8 heteroatoms. The van der Waals surface area contributed by atoms with Crippen molar-refractivity contribution in [2.75, 3.05) is 13.1 Å². The molecule has 2 atom stereocenters. The van der Waals surface area contributed by atoms with Gasteiger partial charge in [0.05, 0.1) is 24.1 Å². The standard InChI is InChI=1S/C21H24N2O6/c1-3-14(24)8-9-19(26)29-15-10-13(2)22(11-15)18(25)12-23-20(27)16-6-4-5-7-17(16)21(23)28/h4-7,13,15H,3,8-12H2,1-2H3/t13-,15-/m1/s1/i2D. The number of hydrogen-bond acceptors (Lipinski definition) is 6. The quantitative estimate of drug-likeness (QED) is 0.508. The van der Waals surface area contributed by atoms with E-state index < -0.39 is 42.4 Å². The number of likely N-dealkylation sites (tertiary alicyclic amines) is 1. The highest BCUT2D eigenvalue weighted by atomic mass is 16.5. The normalized spacial score (nSPS) is 21.2. The van der Waals surface area contributed by atoms with Gasteiger partial charge >= 0.3 is 5.97 Å². The fourth-order valence-corrected chi connectivity index (χ4v) is 3.54. The molecule has 0 aliphatic carbocycles. The van der Waals surface area contributed by atoms with Crippen LogP contribution in [0, 0.1) is 0 Å². The van der Waals surface area contributed by atoms with Gasteiger partial charge in [-0.05, 0) is 19.0 Å². The number of Topliss-reactive ketones (excluding diaryl/α,β-unsaturated/α-hetero) is 1. The molecular formula is C21H24N2O6. The van der Waals surface area contributed by atoms with E-state index in [1.807, 2.05) is 0 Å². The summed E-state index contributed by atoms with van der Waals surface area (Å²) >= 11 is 0. The second-order valence-electron chi connectivity index (χ2n) is 7.18. The lowest BCUT2D eigenvalue weighted by molar-refractivity contribution is -0.150. The van der Waals surface area contributed by atoms with Gasteiger partial charge in [0, 0.05) is 26.7 Å². The summed E-state index contributed by atoms with van der Waals surface area (Å²) in [6, 6.07) is 5.92. The Kier molecular flexibility index (Phi) is 5.69. The zero-order valence-corrected chi connectivity index (χ0v) is 16.3. The van der Waals surface area contributed by atoms with Crippen LogP contribution >= 0.6 is 0 Å². The van der Waals surface area contributed by atoms with E-state index in [2.05, 4.69) is 0 Å². The fourth-order valence-electron chi connectivity index (χ4n) is 3.54. The minimum Gasteiger partial charge on any atom is -0.460 e. The Labute approximate surface area is 170 Å². The number of ketones is 1. The number of carbonyl (C=O) groups is 5. The molecule has 1 aromatic carbocycles. The fraction of sp³-hybridized carbons (Fsp3) is 0.476. The van der Waals surface area contributed by atoms with Crippen LogP contribution in [0.25, 0.3) is 0 Å². The maximum absolute atomic E-state index is 12.8. The molecule has 0 unspecified atom stereocenters. The minimum atomic E-state index is -0.573. The summed E-state index contributed by atoms with van der Waals surface area (Å²) in [7, 11) is 0. The summed E-state index contributed by atoms with van der Waals surface area (Å²) < 4.78 is 13.1. The first-order valence-electron chi connectivity index (χ1n) is 10.3. The maximum Gasteiger partial charge on any atom is 0.306 e. The summed E-state index contributed by atoms with van der Waals surface area (Å²) in [5.41, 5.74) is 0.532. The van der Waals surface area contributed by atoms with E-state index in [-0.39, 0.29) is 43.2 Å². The lowest BCUT2D eigenvalue weighted by atomic mass is 10.1. The number of imide groups is 1. The third-order valence-corrected chi connectivity index (χ3v) is 5.17. The number of esters is 1. The topological polar surface area (TPSA) is 101 Å². The molecule has 2 heterocycles. The number of amides is 3. The van der Waals surface area contributed by atoms with Crippen molar-refractivity contribution >= 4 is 29.5 Å². The van der Waals surface area contributed by atoms with Crippen LogP contribution < -0.4 is 0 Å². The molecule has 0 radical (unpaired) electrons. The van der Waals surface area contributed by atoms with Gasteiger partial charge in [-0.25, -0.2) is 0 Å². The summed E-state index contributed by atoms with van der Waals surface area (Å²) in [6.07, 6.45) is 0.197. The lowest BCUT2D eigenvalue weighted by Crippen LogP contribution is -2.44. The highest BCUT2D eigenvalue weighted by molar-refractivity contribution is 6.22. The minimum absolute atomic E-state index is 0.0162. The lowest BCUT2D eigenvalue weighted by Gasteiger charge is -2.23. The molecule has 29 heavy (non-hydrogen) atoms. The first kappa shape index (κ1) is 19.3. The van der Waals surface area contributed by atoms with Gasteiger partial charge in [0.15, 0.2) is 0 Å². The SMILES string of the molecule is [2H]C[C@@H]1C[C@@H](OC(=O)CCC(=O)CC)CN1C(=O)CN1C(=O)c2ccccc2C1=O. The second kappa shape index (κ2) is 8.55. The molecule has 154 valence electrons. The van der Waals surface area contributed by atoms with Gasteiger partial charge < -0.3 is 9.64 Å². The van der Waals surface area contributed by atoms with Gasteiger partial charge in [-0.15, -0.1) is 0 Å². The van der Waals surface area contributed by atoms with Gasteiger partial charge in [0.25, 0.3) is 11.8 Å². The van der Waals surface area contributed by atoms with Crippen molar-refractivity contribution in [3.63, 3.8) is 0 Å². The van der Waals surface area contributed by atoms with Gasteiger partial charge in [-0.3, -0.25) is 28.9 Å². The van der Waals surface area contributed by atoms with Crippen LogP contribution in [0.1, 0.15) is 61.6 Å². The molecule has 2 aliphatic heterocycles. The summed E-state index contributed by atoms with van der Waals surface area (Å²) in [6.45, 7) is 1.31. The number of benzene rings is 1. The van der Waals surface area contributed by atoms with Gasteiger partial charge in [0.2, 0.25) is 5.91 Å². The molecule has 1 aromatic rings. The van der Waals surface area contributed by atoms with Crippen molar-refractivity contribution < 1.29 is 30.1 Å². The van der Waals surface area contributed by atoms with Gasteiger partial charge in [0.1, 0.15) is 18.4 Å². The van der Waals surface area contributed by atoms with E-state index in [0.717, 1.165) is 4.90 Å². The Balaban J connectivity index is 1.59. The van der Waals surface area contributed by atoms with E-state index in [0.29, 0.717) is 12.8 Å². The molecule has 0 saturated carbocycles. The molecule has 0 bridgehead atoms. The Morgan fingerprint density at radius 2 is 1.79 bits per heavy atom. The predicted molar refractivity (Wildman–Crippen MR) is 102 cm³/mol. The molecule has 1 fully saturated rings. The van der Waals surface area contributed by atoms with Crippen LogP contribution in [-0.4, -0.2) is 64.5 Å². The van der Waals surface area contributed by atoms with Crippen LogP contribution in [0.3, 0.4) is 0 Å². The number of carbonyl (C=O) groups excluding carboxylic acids is 5. The van der Waals surface area contributed by atoms with Crippen LogP contribution in [0.2, 0.25) is 0 Å². The second-order valence-corrected chi connectivity index (χ2v) is 7.18. The maximum atomic E-state index is 12.8. The molecule has 0 N–H and O–H groups in total. The Morgan fingerprint density at radius 3 is 2.38 bits per heavy atom. The summed E-state index contributed by atoms with van der Waals surface area (Å²) in [5, 5.41) is 0. The van der Waals surface area contributed by atoms with Gasteiger partial charge in [-0.1, -0.05) is 19.1 Å². The highest BCUT2D eigenvalue weighted by Crippen LogP contribution is 2.25. The molecular weight excluding hydrogens is 376 g/mol. The Morgan fingerprint density at radius 1 is 1.14 bits per heavy atom. The zero-order chi connectivity index (χ0) is 21.8. The average Bonchev–Trinajstić information content (AvgIpc) is 3.26. The van der Waals surface area contributed by atoms with Crippen LogP contribution in [0.5, 0.6) is 0 Å². The Hall–Kier alpha value is -3.03. The molecule has 0 spiro atoms. The van der Waals surface area contributed by atoms with E-state index in [9.17, 15) is 24.0 Å². The largest absolute Gasteiger partial charge is 0.460 e. The summed E-state index contributed by atoms with van der Waals surface area (Å²) in [4.78, 5) is 63.4. The van der Waals surface area contributed by atoms with Crippen molar-refractivity contribution in [1.82, 2.24) is 9.80 Å². The number of nitrogens with zero attached hydrogens (tertiary/aromatic N) is 2. The van der Waals surface area contributed by atoms with E-state index in [4.69, 9.17) is 6.11 Å². The number of ether oxygens (including phenoxy) is 1. The number of hydrogen-bond donors (Lipinski definition) is 0. The zero-order valence-electron chi connectivity index (χ0n) is 17.3. The number of fused-ring (bicyclic) bond motifs is 1. The van der Waals surface area contributed by atoms with E-state index >= 15 is 0 Å². The van der Waals surface area contributed by atoms with Crippen molar-refractivity contribution in [2.45, 2.75) is 51.7 Å². The van der Waals surface area contributed by atoms with Crippen LogP contribution in [-0.2, 0) is 19.1 Å². The molecule has 2 aliphatic rings. The van der Waals surface area contributed by atoms with Crippen molar-refractivity contribution in [3.05, 3.63) is 35.4 Å². The highest BCUT2D eigenvalue weighted by Gasteiger charge is 2.40. The van der Waals surface area contributed by atoms with E-state index in [1.54, 1.807) is 31.2 Å². The third-order valence-electron chi connectivity index (χ3n) is 5.17. The average molecular weight is 401 g/mol. The van der Waals surface area contributed by atoms with Crippen molar-refractivity contribution in [3.8, 4) is 0 Å². The smallest absolute Gasteiger partial charge is 0.306 e. The van der Waals surface area contributed by atoms with Crippen molar-refractivity contribution in [2.24, 2.45) is 0 Å². The van der Waals surface area contributed by atoms with Crippen LogP contribution in [0.4, 0.5) is 0 Å². The van der Waals surface area contributed by atoms with Gasteiger partial charge in [-0.2, -0.15) is 0 Å². The molecule has 1 saturated heterocycles. The van der Waals surface area contributed by atoms with Crippen molar-refractivity contribution in [1.29, 1.82) is 0 Å². The molecule has 0 aromatic heterocycles. The monoisotopic (exact) mass is 401 g/mol. The predicted octanol–water partition coefficient (Wildman–Crippen LogP) is 1.57. The van der Waals surface area contributed by atoms with Crippen LogP contribution in [0.15, 0.2) is 24.3 Å². The molecule has 3 rings (SSSR count).